The van der Waals surface area contributed by atoms with E-state index in [1.54, 1.807) is 0 Å². The monoisotopic (exact) mass is 521 g/mol. The number of aliphatic hydroxyl groups is 1. The zero-order valence-corrected chi connectivity index (χ0v) is 22.5. The summed E-state index contributed by atoms with van der Waals surface area (Å²) >= 11 is 0. The van der Waals surface area contributed by atoms with Crippen molar-refractivity contribution >= 4 is 17.8 Å². The molecule has 7 nitrogen and oxygen atoms in total. The van der Waals surface area contributed by atoms with E-state index in [9.17, 15) is 19.5 Å². The van der Waals surface area contributed by atoms with E-state index in [-0.39, 0.29) is 12.0 Å². The highest BCUT2D eigenvalue weighted by Gasteiger charge is 2.68. The number of carbonyl (C=O) groups is 3. The molecule has 2 fully saturated rings. The van der Waals surface area contributed by atoms with E-state index in [0.717, 1.165) is 24.8 Å². The van der Waals surface area contributed by atoms with E-state index in [4.69, 9.17) is 9.47 Å². The zero-order valence-electron chi connectivity index (χ0n) is 22.5. The van der Waals surface area contributed by atoms with Crippen LogP contribution in [0.1, 0.15) is 52.0 Å². The average Bonchev–Trinajstić information content (AvgIpc) is 3.14. The van der Waals surface area contributed by atoms with Gasteiger partial charge in [0.1, 0.15) is 6.10 Å². The van der Waals surface area contributed by atoms with Crippen LogP contribution in [0.5, 0.6) is 0 Å². The topological polar surface area (TPSA) is 102 Å². The molecule has 2 heterocycles. The summed E-state index contributed by atoms with van der Waals surface area (Å²) in [7, 11) is 0. The standard InChI is InChI=1S/C31H39NO6/c1-19-10-8-14-24(34)16-17-27(35)38-31-25(15-9-11-19)29(37-22(4)33)21(3)20(2)28(31)26(32-30(31)36)18-23-12-6-5-7-13-23/h5-7,9,12-13,15-17,19-20,24-26,28-29,34H,3,8,10-11,14,18H2,1-2,4H3,(H,32,36)/b15-9+,17-16+/t19-,20-,24-,25?,26+,28+,29-,31-/m1/s1. The van der Waals surface area contributed by atoms with Gasteiger partial charge in [-0.15, -0.1) is 0 Å². The summed E-state index contributed by atoms with van der Waals surface area (Å²) in [5.41, 5.74) is 0.128. The molecule has 1 unspecified atom stereocenters. The lowest BCUT2D eigenvalue weighted by molar-refractivity contribution is -0.186. The molecule has 1 aromatic rings. The Morgan fingerprint density at radius 1 is 1.18 bits per heavy atom. The Hall–Kier alpha value is -3.19. The average molecular weight is 522 g/mol. The van der Waals surface area contributed by atoms with Crippen LogP contribution in [0.2, 0.25) is 0 Å². The number of allylic oxidation sites excluding steroid dienone is 1. The number of amides is 1. The van der Waals surface area contributed by atoms with Crippen LogP contribution in [0, 0.1) is 23.7 Å². The lowest BCUT2D eigenvalue weighted by Gasteiger charge is -2.49. The van der Waals surface area contributed by atoms with Gasteiger partial charge in [0.15, 0.2) is 0 Å². The van der Waals surface area contributed by atoms with Gasteiger partial charge >= 0.3 is 11.9 Å². The highest BCUT2D eigenvalue weighted by Crippen LogP contribution is 2.53. The fraction of sp³-hybridized carbons (Fsp3) is 0.516. The normalized spacial score (nSPS) is 37.6. The minimum absolute atomic E-state index is 0.295. The maximum Gasteiger partial charge on any atom is 0.331 e. The summed E-state index contributed by atoms with van der Waals surface area (Å²) < 4.78 is 11.9. The van der Waals surface area contributed by atoms with Crippen LogP contribution >= 0.6 is 0 Å². The number of nitrogens with one attached hydrogen (secondary N) is 1. The van der Waals surface area contributed by atoms with Crippen LogP contribution in [0.25, 0.3) is 0 Å². The van der Waals surface area contributed by atoms with Crippen molar-refractivity contribution in [2.24, 2.45) is 23.7 Å². The van der Waals surface area contributed by atoms with Crippen molar-refractivity contribution < 1.29 is 29.0 Å². The molecule has 1 aliphatic carbocycles. The van der Waals surface area contributed by atoms with E-state index in [2.05, 4.69) is 18.8 Å². The number of hydrogen-bond acceptors (Lipinski definition) is 6. The molecule has 1 spiro atoms. The first kappa shape index (κ1) is 27.8. The van der Waals surface area contributed by atoms with E-state index < -0.39 is 47.5 Å². The lowest BCUT2D eigenvalue weighted by Crippen LogP contribution is -2.62. The summed E-state index contributed by atoms with van der Waals surface area (Å²) in [4.78, 5) is 39.4. The molecular weight excluding hydrogens is 482 g/mol. The first-order valence-electron chi connectivity index (χ1n) is 13.6. The van der Waals surface area contributed by atoms with Gasteiger partial charge < -0.3 is 19.9 Å². The van der Waals surface area contributed by atoms with Gasteiger partial charge in [-0.2, -0.15) is 0 Å². The smallest absolute Gasteiger partial charge is 0.331 e. The Bertz CT molecular complexity index is 1110. The third-order valence-electron chi connectivity index (χ3n) is 8.30. The van der Waals surface area contributed by atoms with Crippen LogP contribution in [-0.2, 0) is 30.3 Å². The first-order chi connectivity index (χ1) is 18.1. The van der Waals surface area contributed by atoms with Crippen molar-refractivity contribution in [1.82, 2.24) is 5.32 Å². The number of hydrogen-bond donors (Lipinski definition) is 2. The third-order valence-corrected chi connectivity index (χ3v) is 8.30. The predicted octanol–water partition coefficient (Wildman–Crippen LogP) is 4.06. The number of aliphatic hydroxyl groups excluding tert-OH is 1. The van der Waals surface area contributed by atoms with Crippen molar-refractivity contribution in [3.05, 3.63) is 72.4 Å². The van der Waals surface area contributed by atoms with Crippen LogP contribution in [0.3, 0.4) is 0 Å². The Labute approximate surface area is 225 Å². The van der Waals surface area contributed by atoms with Crippen molar-refractivity contribution in [2.45, 2.75) is 76.7 Å². The van der Waals surface area contributed by atoms with Crippen LogP contribution < -0.4 is 5.32 Å². The van der Waals surface area contributed by atoms with Gasteiger partial charge in [-0.05, 0) is 48.3 Å². The predicted molar refractivity (Wildman–Crippen MR) is 144 cm³/mol. The van der Waals surface area contributed by atoms with Gasteiger partial charge in [0, 0.05) is 25.0 Å². The molecule has 4 rings (SSSR count). The summed E-state index contributed by atoms with van der Waals surface area (Å²) in [5, 5.41) is 13.5. The molecule has 204 valence electrons. The fourth-order valence-electron chi connectivity index (χ4n) is 6.40. The molecule has 7 heteroatoms. The van der Waals surface area contributed by atoms with Crippen LogP contribution in [-0.4, -0.2) is 46.8 Å². The highest BCUT2D eigenvalue weighted by atomic mass is 16.6. The molecule has 0 bridgehead atoms. The van der Waals surface area contributed by atoms with Crippen molar-refractivity contribution in [2.75, 3.05) is 0 Å². The molecule has 0 aromatic heterocycles. The molecule has 1 saturated heterocycles. The van der Waals surface area contributed by atoms with E-state index in [0.29, 0.717) is 24.3 Å². The second kappa shape index (κ2) is 11.7. The number of benzene rings is 1. The Morgan fingerprint density at radius 2 is 1.92 bits per heavy atom. The highest BCUT2D eigenvalue weighted by molar-refractivity contribution is 5.94. The van der Waals surface area contributed by atoms with E-state index in [1.807, 2.05) is 49.4 Å². The second-order valence-electron chi connectivity index (χ2n) is 11.1. The second-order valence-corrected chi connectivity index (χ2v) is 11.1. The van der Waals surface area contributed by atoms with Crippen molar-refractivity contribution in [3.8, 4) is 0 Å². The van der Waals surface area contributed by atoms with Crippen molar-refractivity contribution in [3.63, 3.8) is 0 Å². The summed E-state index contributed by atoms with van der Waals surface area (Å²) in [6.07, 6.45) is 8.47. The zero-order chi connectivity index (χ0) is 27.4. The molecule has 1 amide bonds. The quantitative estimate of drug-likeness (QED) is 0.460. The molecule has 3 aliphatic rings. The maximum atomic E-state index is 14.0. The summed E-state index contributed by atoms with van der Waals surface area (Å²) in [6.45, 7) is 9.72. The van der Waals surface area contributed by atoms with Gasteiger partial charge in [0.25, 0.3) is 5.91 Å². The Balaban J connectivity index is 1.84. The van der Waals surface area contributed by atoms with E-state index in [1.165, 1.54) is 19.1 Å². The number of carbonyl (C=O) groups excluding carboxylic acids is 3. The van der Waals surface area contributed by atoms with Crippen LogP contribution in [0.4, 0.5) is 0 Å². The first-order valence-corrected chi connectivity index (χ1v) is 13.6. The molecular formula is C31H39NO6. The minimum atomic E-state index is -1.61. The molecule has 38 heavy (non-hydrogen) atoms. The van der Waals surface area contributed by atoms with E-state index >= 15 is 0 Å². The molecule has 0 radical (unpaired) electrons. The Kier molecular flexibility index (Phi) is 8.56. The molecule has 8 atom stereocenters. The lowest BCUT2D eigenvalue weighted by atomic mass is 9.59. The van der Waals surface area contributed by atoms with Gasteiger partial charge in [-0.25, -0.2) is 4.79 Å². The summed E-state index contributed by atoms with van der Waals surface area (Å²) in [5.74, 6) is -2.76. The van der Waals surface area contributed by atoms with Gasteiger partial charge in [-0.3, -0.25) is 9.59 Å². The van der Waals surface area contributed by atoms with Gasteiger partial charge in [-0.1, -0.05) is 75.8 Å². The van der Waals surface area contributed by atoms with Crippen LogP contribution in [0.15, 0.2) is 66.8 Å². The fourth-order valence-corrected chi connectivity index (χ4v) is 6.40. The molecule has 1 saturated carbocycles. The molecule has 1 aromatic carbocycles. The molecule has 2 N–H and O–H groups in total. The minimum Gasteiger partial charge on any atom is -0.457 e. The number of rotatable bonds is 3. The number of esters is 2. The van der Waals surface area contributed by atoms with Gasteiger partial charge in [0.05, 0.1) is 12.0 Å². The van der Waals surface area contributed by atoms with Crippen molar-refractivity contribution in [1.29, 1.82) is 0 Å². The maximum absolute atomic E-state index is 14.0. The molecule has 2 aliphatic heterocycles. The third kappa shape index (κ3) is 5.63. The van der Waals surface area contributed by atoms with Gasteiger partial charge in [0.2, 0.25) is 5.60 Å². The SMILES string of the molecule is C=C1[C@@H](OC(C)=O)C2/C=C/C[C@H](C)CCC[C@@H](O)/C=C/C(=O)O[C@]23C(=O)N[C@@H](Cc2ccccc2)[C@@H]3[C@@H]1C. The largest absolute Gasteiger partial charge is 0.457 e. The summed E-state index contributed by atoms with van der Waals surface area (Å²) in [6, 6.07) is 9.52. The Morgan fingerprint density at radius 3 is 2.63 bits per heavy atom. The number of ether oxygens (including phenoxy) is 2.